The molecule has 17 heavy (non-hydrogen) atoms. The van der Waals surface area contributed by atoms with Crippen LogP contribution in [0.2, 0.25) is 5.02 Å². The molecule has 0 bridgehead atoms. The molecule has 0 aromatic heterocycles. The maximum Gasteiger partial charge on any atom is 0.0645 e. The molecular weight excluding hydrogens is 236 g/mol. The molecule has 94 valence electrons. The number of nitrogens with zero attached hydrogens (tertiary/aromatic N) is 1. The predicted octanol–water partition coefficient (Wildman–Crippen LogP) is 2.53. The Kier molecular flexibility index (Phi) is 3.61. The van der Waals surface area contributed by atoms with Gasteiger partial charge in [0.15, 0.2) is 0 Å². The molecule has 1 aromatic carbocycles. The number of nitrogen functional groups attached to an aromatic ring is 1. The summed E-state index contributed by atoms with van der Waals surface area (Å²) >= 11 is 5.90. The van der Waals surface area contributed by atoms with Crippen molar-refractivity contribution in [1.82, 2.24) is 4.90 Å². The third-order valence-electron chi connectivity index (χ3n) is 3.29. The fraction of sp³-hybridized carbons (Fsp3) is 0.538. The van der Waals surface area contributed by atoms with Gasteiger partial charge in [-0.1, -0.05) is 17.7 Å². The first-order chi connectivity index (χ1) is 7.99. The Morgan fingerprint density at radius 1 is 1.47 bits per heavy atom. The van der Waals surface area contributed by atoms with Crippen LogP contribution >= 0.6 is 11.6 Å². The Hall–Kier alpha value is -0.770. The van der Waals surface area contributed by atoms with Gasteiger partial charge < -0.3 is 10.5 Å². The largest absolute Gasteiger partial charge is 0.398 e. The van der Waals surface area contributed by atoms with Crippen LogP contribution in [0.1, 0.15) is 19.4 Å². The molecule has 1 saturated heterocycles. The summed E-state index contributed by atoms with van der Waals surface area (Å²) in [6.07, 6.45) is 0. The molecule has 1 heterocycles. The molecule has 3 nitrogen and oxygen atoms in total. The van der Waals surface area contributed by atoms with E-state index in [1.54, 1.807) is 0 Å². The summed E-state index contributed by atoms with van der Waals surface area (Å²) in [6.45, 7) is 7.72. The Morgan fingerprint density at radius 3 is 2.88 bits per heavy atom. The van der Waals surface area contributed by atoms with E-state index in [-0.39, 0.29) is 5.54 Å². The molecule has 2 rings (SSSR count). The Morgan fingerprint density at radius 2 is 2.24 bits per heavy atom. The molecule has 0 radical (unpaired) electrons. The van der Waals surface area contributed by atoms with E-state index in [4.69, 9.17) is 22.1 Å². The SMILES string of the molecule is CC1(C)COCCN1Cc1ccc(Cl)cc1N. The highest BCUT2D eigenvalue weighted by Gasteiger charge is 2.30. The molecule has 1 aliphatic rings. The molecule has 1 aromatic rings. The van der Waals surface area contributed by atoms with E-state index in [1.165, 1.54) is 0 Å². The van der Waals surface area contributed by atoms with E-state index in [9.17, 15) is 0 Å². The van der Waals surface area contributed by atoms with E-state index in [0.717, 1.165) is 37.6 Å². The van der Waals surface area contributed by atoms with Crippen molar-refractivity contribution in [3.05, 3.63) is 28.8 Å². The second-order valence-corrected chi connectivity index (χ2v) is 5.57. The Bertz CT molecular complexity index is 406. The Balaban J connectivity index is 2.14. The number of anilines is 1. The molecule has 2 N–H and O–H groups in total. The first-order valence-corrected chi connectivity index (χ1v) is 6.23. The minimum Gasteiger partial charge on any atom is -0.398 e. The zero-order valence-electron chi connectivity index (χ0n) is 10.4. The second kappa shape index (κ2) is 4.84. The van der Waals surface area contributed by atoms with E-state index < -0.39 is 0 Å². The molecule has 0 atom stereocenters. The van der Waals surface area contributed by atoms with Crippen LogP contribution in [0.3, 0.4) is 0 Å². The third-order valence-corrected chi connectivity index (χ3v) is 3.52. The predicted molar refractivity (Wildman–Crippen MR) is 71.2 cm³/mol. The van der Waals surface area contributed by atoms with Crippen LogP contribution in [-0.4, -0.2) is 30.2 Å². The van der Waals surface area contributed by atoms with Gasteiger partial charge in [-0.25, -0.2) is 0 Å². The molecular formula is C13H19ClN2O. The zero-order chi connectivity index (χ0) is 12.5. The van der Waals surface area contributed by atoms with Crippen molar-refractivity contribution in [2.45, 2.75) is 25.9 Å². The normalized spacial score (nSPS) is 20.4. The summed E-state index contributed by atoms with van der Waals surface area (Å²) in [7, 11) is 0. The van der Waals surface area contributed by atoms with Crippen molar-refractivity contribution in [1.29, 1.82) is 0 Å². The van der Waals surface area contributed by atoms with E-state index in [2.05, 4.69) is 18.7 Å². The molecule has 0 spiro atoms. The number of ether oxygens (including phenoxy) is 1. The van der Waals surface area contributed by atoms with Crippen molar-refractivity contribution in [3.63, 3.8) is 0 Å². The maximum absolute atomic E-state index is 5.98. The lowest BCUT2D eigenvalue weighted by atomic mass is 10.0. The molecule has 0 unspecified atom stereocenters. The number of halogens is 1. The first kappa shape index (κ1) is 12.7. The minimum absolute atomic E-state index is 0.0598. The summed E-state index contributed by atoms with van der Waals surface area (Å²) in [6, 6.07) is 5.70. The molecule has 4 heteroatoms. The van der Waals surface area contributed by atoms with Gasteiger partial charge in [-0.15, -0.1) is 0 Å². The van der Waals surface area contributed by atoms with Gasteiger partial charge in [0.1, 0.15) is 0 Å². The fourth-order valence-corrected chi connectivity index (χ4v) is 2.28. The number of rotatable bonds is 2. The number of benzene rings is 1. The van der Waals surface area contributed by atoms with E-state index >= 15 is 0 Å². The Labute approximate surface area is 107 Å². The molecule has 1 fully saturated rings. The number of nitrogens with two attached hydrogens (primary N) is 1. The topological polar surface area (TPSA) is 38.5 Å². The van der Waals surface area contributed by atoms with Gasteiger partial charge in [0, 0.05) is 29.3 Å². The fourth-order valence-electron chi connectivity index (χ4n) is 2.10. The number of hydrogen-bond acceptors (Lipinski definition) is 3. The summed E-state index contributed by atoms with van der Waals surface area (Å²) in [5.41, 5.74) is 7.94. The van der Waals surface area contributed by atoms with Crippen LogP contribution in [-0.2, 0) is 11.3 Å². The van der Waals surface area contributed by atoms with Crippen LogP contribution in [0.25, 0.3) is 0 Å². The average molecular weight is 255 g/mol. The van der Waals surface area contributed by atoms with Crippen molar-refractivity contribution in [2.75, 3.05) is 25.5 Å². The van der Waals surface area contributed by atoms with Gasteiger partial charge in [-0.3, -0.25) is 4.90 Å². The van der Waals surface area contributed by atoms with Crippen molar-refractivity contribution < 1.29 is 4.74 Å². The highest BCUT2D eigenvalue weighted by atomic mass is 35.5. The van der Waals surface area contributed by atoms with Crippen molar-refractivity contribution in [3.8, 4) is 0 Å². The standard InChI is InChI=1S/C13H19ClN2O/c1-13(2)9-17-6-5-16(13)8-10-3-4-11(14)7-12(10)15/h3-4,7H,5-6,8-9,15H2,1-2H3. The molecule has 1 aliphatic heterocycles. The monoisotopic (exact) mass is 254 g/mol. The smallest absolute Gasteiger partial charge is 0.0645 e. The summed E-state index contributed by atoms with van der Waals surface area (Å²) in [5, 5.41) is 0.687. The maximum atomic E-state index is 5.98. The lowest BCUT2D eigenvalue weighted by Gasteiger charge is -2.42. The second-order valence-electron chi connectivity index (χ2n) is 5.13. The van der Waals surface area contributed by atoms with Gasteiger partial charge in [0.05, 0.1) is 13.2 Å². The van der Waals surface area contributed by atoms with Crippen LogP contribution in [0.4, 0.5) is 5.69 Å². The van der Waals surface area contributed by atoms with E-state index in [0.29, 0.717) is 5.02 Å². The van der Waals surface area contributed by atoms with Crippen LogP contribution in [0.5, 0.6) is 0 Å². The van der Waals surface area contributed by atoms with Crippen LogP contribution in [0.15, 0.2) is 18.2 Å². The van der Waals surface area contributed by atoms with Crippen LogP contribution in [0, 0.1) is 0 Å². The highest BCUT2D eigenvalue weighted by Crippen LogP contribution is 2.25. The van der Waals surface area contributed by atoms with Crippen molar-refractivity contribution in [2.24, 2.45) is 0 Å². The lowest BCUT2D eigenvalue weighted by molar-refractivity contribution is -0.0551. The van der Waals surface area contributed by atoms with Crippen LogP contribution < -0.4 is 5.73 Å². The van der Waals surface area contributed by atoms with Gasteiger partial charge in [0.25, 0.3) is 0 Å². The minimum atomic E-state index is 0.0598. The van der Waals surface area contributed by atoms with Crippen molar-refractivity contribution >= 4 is 17.3 Å². The quantitative estimate of drug-likeness (QED) is 0.825. The van der Waals surface area contributed by atoms with Gasteiger partial charge in [0.2, 0.25) is 0 Å². The number of hydrogen-bond donors (Lipinski definition) is 1. The summed E-state index contributed by atoms with van der Waals surface area (Å²) in [5.74, 6) is 0. The number of morpholine rings is 1. The first-order valence-electron chi connectivity index (χ1n) is 5.86. The summed E-state index contributed by atoms with van der Waals surface area (Å²) < 4.78 is 5.51. The third kappa shape index (κ3) is 2.92. The molecule has 0 aliphatic carbocycles. The lowest BCUT2D eigenvalue weighted by Crippen LogP contribution is -2.52. The molecule has 0 amide bonds. The summed E-state index contributed by atoms with van der Waals surface area (Å²) in [4.78, 5) is 2.40. The van der Waals surface area contributed by atoms with Gasteiger partial charge in [-0.05, 0) is 31.5 Å². The molecule has 0 saturated carbocycles. The van der Waals surface area contributed by atoms with Gasteiger partial charge >= 0.3 is 0 Å². The van der Waals surface area contributed by atoms with Gasteiger partial charge in [-0.2, -0.15) is 0 Å². The zero-order valence-corrected chi connectivity index (χ0v) is 11.1. The van der Waals surface area contributed by atoms with E-state index in [1.807, 2.05) is 18.2 Å². The highest BCUT2D eigenvalue weighted by molar-refractivity contribution is 6.30. The average Bonchev–Trinajstić information content (AvgIpc) is 2.24.